The fraction of sp³-hybridized carbons (Fsp3) is 0.0455. The van der Waals surface area contributed by atoms with Crippen molar-refractivity contribution in [2.24, 2.45) is 5.10 Å². The molecule has 0 unspecified atom stereocenters. The number of nitrogens with one attached hydrogen (secondary N) is 1. The van der Waals surface area contributed by atoms with Crippen LogP contribution in [-0.2, 0) is 6.54 Å². The molecule has 0 saturated carbocycles. The number of aromatic nitrogens is 2. The maximum atomic E-state index is 12.5. The van der Waals surface area contributed by atoms with Crippen molar-refractivity contribution in [3.8, 4) is 0 Å². The highest BCUT2D eigenvalue weighted by Gasteiger charge is 2.25. The molecule has 1 N–H and O–H groups in total. The van der Waals surface area contributed by atoms with E-state index in [1.54, 1.807) is 0 Å². The molecular weight excluding hydrogens is 462 g/mol. The van der Waals surface area contributed by atoms with Crippen LogP contribution in [-0.4, -0.2) is 26.8 Å². The normalized spacial score (nSPS) is 11.1. The number of hydrazone groups is 1. The minimum Gasteiger partial charge on any atom is -0.265 e. The molecule has 8 nitrogen and oxygen atoms in total. The Kier molecular flexibility index (Phi) is 5.85. The number of fused-ring (bicyclic) bond motifs is 1. The van der Waals surface area contributed by atoms with E-state index in [2.05, 4.69) is 31.6 Å². The van der Waals surface area contributed by atoms with E-state index in [0.29, 0.717) is 0 Å². The number of carbonyl (C=O) groups excluding carboxylic acids is 1. The number of rotatable bonds is 6. The Morgan fingerprint density at radius 2 is 1.94 bits per heavy atom. The molecule has 0 aliphatic heterocycles. The standard InChI is InChI=1S/C22H16BrN5O3/c23-18-9-3-5-15(11-18)13-27-14-20(28(30)31)21(26-27)22(29)25-24-12-17-8-4-7-16-6-1-2-10-19(16)17/h1-12,14H,13H2,(H,25,29)/b24-12+. The molecule has 3 aromatic carbocycles. The van der Waals surface area contributed by atoms with Gasteiger partial charge in [0, 0.05) is 10.0 Å². The predicted molar refractivity (Wildman–Crippen MR) is 121 cm³/mol. The third-order valence-electron chi connectivity index (χ3n) is 4.58. The van der Waals surface area contributed by atoms with Crippen LogP contribution in [0.2, 0.25) is 0 Å². The summed E-state index contributed by atoms with van der Waals surface area (Å²) < 4.78 is 2.25. The molecule has 0 aliphatic carbocycles. The number of amides is 1. The third kappa shape index (κ3) is 4.67. The summed E-state index contributed by atoms with van der Waals surface area (Å²) >= 11 is 3.39. The van der Waals surface area contributed by atoms with Crippen molar-refractivity contribution in [3.05, 3.63) is 104 Å². The van der Waals surface area contributed by atoms with Crippen molar-refractivity contribution in [1.29, 1.82) is 0 Å². The quantitative estimate of drug-likeness (QED) is 0.250. The van der Waals surface area contributed by atoms with E-state index in [1.165, 1.54) is 17.1 Å². The molecule has 0 radical (unpaired) electrons. The van der Waals surface area contributed by atoms with Gasteiger partial charge in [0.2, 0.25) is 5.69 Å². The molecule has 1 amide bonds. The van der Waals surface area contributed by atoms with Gasteiger partial charge in [0.1, 0.15) is 6.20 Å². The Balaban J connectivity index is 1.54. The molecule has 1 heterocycles. The fourth-order valence-electron chi connectivity index (χ4n) is 3.19. The van der Waals surface area contributed by atoms with E-state index in [0.717, 1.165) is 26.4 Å². The molecule has 0 atom stereocenters. The molecule has 154 valence electrons. The molecule has 4 rings (SSSR count). The van der Waals surface area contributed by atoms with Crippen molar-refractivity contribution >= 4 is 44.5 Å². The first-order valence-corrected chi connectivity index (χ1v) is 10.1. The summed E-state index contributed by atoms with van der Waals surface area (Å²) in [4.78, 5) is 23.3. The van der Waals surface area contributed by atoms with Crippen molar-refractivity contribution in [2.75, 3.05) is 0 Å². The van der Waals surface area contributed by atoms with E-state index in [-0.39, 0.29) is 17.9 Å². The number of nitro groups is 1. The summed E-state index contributed by atoms with van der Waals surface area (Å²) in [6.45, 7) is 0.285. The molecule has 9 heteroatoms. The summed E-state index contributed by atoms with van der Waals surface area (Å²) in [6.07, 6.45) is 2.74. The summed E-state index contributed by atoms with van der Waals surface area (Å²) in [6, 6.07) is 21.0. The highest BCUT2D eigenvalue weighted by molar-refractivity contribution is 9.10. The van der Waals surface area contributed by atoms with Crippen LogP contribution in [0, 0.1) is 10.1 Å². The van der Waals surface area contributed by atoms with Gasteiger partial charge in [-0.3, -0.25) is 19.6 Å². The van der Waals surface area contributed by atoms with Gasteiger partial charge in [0.25, 0.3) is 5.91 Å². The highest BCUT2D eigenvalue weighted by Crippen LogP contribution is 2.19. The second-order valence-electron chi connectivity index (χ2n) is 6.72. The average molecular weight is 478 g/mol. The first-order valence-electron chi connectivity index (χ1n) is 9.29. The zero-order chi connectivity index (χ0) is 21.8. The van der Waals surface area contributed by atoms with Gasteiger partial charge in [0.15, 0.2) is 0 Å². The second kappa shape index (κ2) is 8.88. The van der Waals surface area contributed by atoms with Gasteiger partial charge >= 0.3 is 5.69 Å². The molecule has 4 aromatic rings. The minimum absolute atomic E-state index is 0.285. The van der Waals surface area contributed by atoms with E-state index in [9.17, 15) is 14.9 Å². The van der Waals surface area contributed by atoms with Crippen molar-refractivity contribution in [2.45, 2.75) is 6.54 Å². The first kappa shape index (κ1) is 20.4. The minimum atomic E-state index is -0.754. The molecule has 0 spiro atoms. The van der Waals surface area contributed by atoms with Crippen LogP contribution >= 0.6 is 15.9 Å². The number of carbonyl (C=O) groups is 1. The van der Waals surface area contributed by atoms with Gasteiger partial charge in [-0.25, -0.2) is 5.43 Å². The lowest BCUT2D eigenvalue weighted by molar-refractivity contribution is -0.385. The van der Waals surface area contributed by atoms with Crippen LogP contribution < -0.4 is 5.43 Å². The number of benzene rings is 3. The molecule has 0 saturated heterocycles. The zero-order valence-corrected chi connectivity index (χ0v) is 17.7. The monoisotopic (exact) mass is 477 g/mol. The van der Waals surface area contributed by atoms with Crippen molar-refractivity contribution in [3.63, 3.8) is 0 Å². The van der Waals surface area contributed by atoms with E-state index in [4.69, 9.17) is 0 Å². The largest absolute Gasteiger partial charge is 0.320 e. The molecule has 31 heavy (non-hydrogen) atoms. The maximum Gasteiger partial charge on any atom is 0.320 e. The van der Waals surface area contributed by atoms with Crippen molar-refractivity contribution < 1.29 is 9.72 Å². The smallest absolute Gasteiger partial charge is 0.265 e. The topological polar surface area (TPSA) is 102 Å². The van der Waals surface area contributed by atoms with Gasteiger partial charge in [-0.05, 0) is 28.5 Å². The number of hydrogen-bond donors (Lipinski definition) is 1. The van der Waals surface area contributed by atoms with Gasteiger partial charge in [-0.2, -0.15) is 10.2 Å². The summed E-state index contributed by atoms with van der Waals surface area (Å²) in [7, 11) is 0. The highest BCUT2D eigenvalue weighted by atomic mass is 79.9. The lowest BCUT2D eigenvalue weighted by Gasteiger charge is -2.02. The van der Waals surface area contributed by atoms with Crippen LogP contribution in [0.1, 0.15) is 21.6 Å². The predicted octanol–water partition coefficient (Wildman–Crippen LogP) is 4.52. The average Bonchev–Trinajstić information content (AvgIpc) is 3.18. The summed E-state index contributed by atoms with van der Waals surface area (Å²) in [5, 5.41) is 21.5. The Morgan fingerprint density at radius 3 is 2.74 bits per heavy atom. The van der Waals surface area contributed by atoms with Crippen LogP contribution in [0.15, 0.2) is 82.5 Å². The number of nitrogens with zero attached hydrogens (tertiary/aromatic N) is 4. The number of halogens is 1. The third-order valence-corrected chi connectivity index (χ3v) is 5.07. The van der Waals surface area contributed by atoms with E-state index < -0.39 is 10.8 Å². The Bertz CT molecular complexity index is 1310. The SMILES string of the molecule is O=C(N/N=C/c1cccc2ccccc12)c1nn(Cc2cccc(Br)c2)cc1[N+](=O)[O-]. The lowest BCUT2D eigenvalue weighted by atomic mass is 10.1. The molecule has 1 aromatic heterocycles. The fourth-order valence-corrected chi connectivity index (χ4v) is 3.63. The molecule has 0 bridgehead atoms. The van der Waals surface area contributed by atoms with Gasteiger partial charge in [-0.1, -0.05) is 70.5 Å². The van der Waals surface area contributed by atoms with Gasteiger partial charge in [0.05, 0.1) is 17.7 Å². The van der Waals surface area contributed by atoms with Gasteiger partial charge < -0.3 is 0 Å². The van der Waals surface area contributed by atoms with Gasteiger partial charge in [-0.15, -0.1) is 0 Å². The molecular formula is C22H16BrN5O3. The Labute approximate surface area is 185 Å². The van der Waals surface area contributed by atoms with Crippen LogP contribution in [0.5, 0.6) is 0 Å². The maximum absolute atomic E-state index is 12.5. The molecule has 0 aliphatic rings. The van der Waals surface area contributed by atoms with Crippen LogP contribution in [0.25, 0.3) is 10.8 Å². The van der Waals surface area contributed by atoms with E-state index >= 15 is 0 Å². The zero-order valence-electron chi connectivity index (χ0n) is 16.1. The first-order chi connectivity index (χ1) is 15.0. The second-order valence-corrected chi connectivity index (χ2v) is 7.63. The summed E-state index contributed by atoms with van der Waals surface area (Å²) in [5.41, 5.74) is 3.35. The van der Waals surface area contributed by atoms with Crippen LogP contribution in [0.3, 0.4) is 0 Å². The van der Waals surface area contributed by atoms with Crippen LogP contribution in [0.4, 0.5) is 5.69 Å². The molecule has 0 fully saturated rings. The summed E-state index contributed by atoms with van der Waals surface area (Å²) in [5.74, 6) is -0.754. The van der Waals surface area contributed by atoms with E-state index in [1.807, 2.05) is 66.7 Å². The Hall–Kier alpha value is -3.85. The Morgan fingerprint density at radius 1 is 1.16 bits per heavy atom. The lowest BCUT2D eigenvalue weighted by Crippen LogP contribution is -2.19. The van der Waals surface area contributed by atoms with Crippen molar-refractivity contribution in [1.82, 2.24) is 15.2 Å². The number of hydrogen-bond acceptors (Lipinski definition) is 5.